The first-order valence-electron chi connectivity index (χ1n) is 8.59. The van der Waals surface area contributed by atoms with Crippen LogP contribution in [0, 0.1) is 5.92 Å². The predicted octanol–water partition coefficient (Wildman–Crippen LogP) is 2.52. The summed E-state index contributed by atoms with van der Waals surface area (Å²) in [5, 5.41) is 21.4. The van der Waals surface area contributed by atoms with E-state index in [1.54, 1.807) is 7.11 Å². The Labute approximate surface area is 166 Å². The Morgan fingerprint density at radius 3 is 2.79 bits per heavy atom. The number of hydrogen-bond acceptors (Lipinski definition) is 5. The third-order valence-electron chi connectivity index (χ3n) is 4.53. The Bertz CT molecular complexity index is 966. The van der Waals surface area contributed by atoms with Crippen LogP contribution in [0.2, 0.25) is 0 Å². The predicted molar refractivity (Wildman–Crippen MR) is 107 cm³/mol. The standard InChI is InChI=1S/C19H19N3O5S/c1-27-15-5-3-2-4-13(15)22-18(28)10-6-7-12-14(8-10)21-17(20-12)11(19(25)26)9-16(23)24/h2-5,9-10H,6-8H2,1H3,(H,20,21)(H,22,28)(H,23,24)(H,25,26)/b11-9-. The van der Waals surface area contributed by atoms with Gasteiger partial charge in [-0.05, 0) is 31.4 Å². The third kappa shape index (κ3) is 4.20. The summed E-state index contributed by atoms with van der Waals surface area (Å²) >= 11 is 5.57. The maximum atomic E-state index is 11.4. The number of rotatable bonds is 6. The van der Waals surface area contributed by atoms with E-state index in [9.17, 15) is 14.7 Å². The summed E-state index contributed by atoms with van der Waals surface area (Å²) < 4.78 is 5.33. The molecule has 0 saturated carbocycles. The Morgan fingerprint density at radius 1 is 1.36 bits per heavy atom. The summed E-state index contributed by atoms with van der Waals surface area (Å²) in [6.07, 6.45) is 2.56. The average Bonchev–Trinajstić information content (AvgIpc) is 3.08. The van der Waals surface area contributed by atoms with Crippen LogP contribution >= 0.6 is 12.2 Å². The van der Waals surface area contributed by atoms with Crippen molar-refractivity contribution in [3.63, 3.8) is 0 Å². The zero-order valence-corrected chi connectivity index (χ0v) is 15.9. The van der Waals surface area contributed by atoms with E-state index in [1.165, 1.54) is 0 Å². The Kier molecular flexibility index (Phi) is 5.74. The van der Waals surface area contributed by atoms with Gasteiger partial charge in [0.25, 0.3) is 0 Å². The van der Waals surface area contributed by atoms with Crippen LogP contribution in [0.1, 0.15) is 23.6 Å². The number of fused-ring (bicyclic) bond motifs is 1. The summed E-state index contributed by atoms with van der Waals surface area (Å²) in [6.45, 7) is 0. The van der Waals surface area contributed by atoms with Crippen molar-refractivity contribution in [3.8, 4) is 5.75 Å². The van der Waals surface area contributed by atoms with Gasteiger partial charge in [0.1, 0.15) is 17.1 Å². The van der Waals surface area contributed by atoms with E-state index in [2.05, 4.69) is 15.3 Å². The van der Waals surface area contributed by atoms with Crippen LogP contribution in [0.5, 0.6) is 5.75 Å². The number of para-hydroxylation sites is 2. The molecule has 1 aliphatic rings. The molecule has 8 nitrogen and oxygen atoms in total. The Morgan fingerprint density at radius 2 is 2.11 bits per heavy atom. The lowest BCUT2D eigenvalue weighted by atomic mass is 9.89. The lowest BCUT2D eigenvalue weighted by molar-refractivity contribution is -0.133. The van der Waals surface area contributed by atoms with Gasteiger partial charge in [0.2, 0.25) is 0 Å². The topological polar surface area (TPSA) is 125 Å². The number of aromatic amines is 1. The number of hydrogen-bond donors (Lipinski definition) is 4. The van der Waals surface area contributed by atoms with Gasteiger partial charge in [-0.1, -0.05) is 24.4 Å². The minimum Gasteiger partial charge on any atom is -0.495 e. The number of thiocarbonyl (C=S) groups is 1. The zero-order chi connectivity index (χ0) is 20.3. The van der Waals surface area contributed by atoms with Crippen molar-refractivity contribution >= 4 is 40.4 Å². The molecule has 0 aliphatic heterocycles. The van der Waals surface area contributed by atoms with E-state index in [4.69, 9.17) is 22.1 Å². The van der Waals surface area contributed by atoms with Crippen LogP contribution in [-0.2, 0) is 22.4 Å². The number of methoxy groups -OCH3 is 1. The molecule has 1 aromatic heterocycles. The molecule has 2 aromatic rings. The summed E-state index contributed by atoms with van der Waals surface area (Å²) in [5.74, 6) is -1.91. The van der Waals surface area contributed by atoms with Gasteiger partial charge in [0, 0.05) is 17.7 Å². The van der Waals surface area contributed by atoms with Gasteiger partial charge in [-0.25, -0.2) is 14.6 Å². The molecule has 1 heterocycles. The number of carbonyl (C=O) groups is 2. The molecule has 1 unspecified atom stereocenters. The number of carboxylic acid groups (broad SMARTS) is 2. The minimum absolute atomic E-state index is 0.0393. The molecule has 28 heavy (non-hydrogen) atoms. The quantitative estimate of drug-likeness (QED) is 0.430. The zero-order valence-electron chi connectivity index (χ0n) is 15.1. The number of carboxylic acids is 2. The van der Waals surface area contributed by atoms with Crippen LogP contribution in [0.4, 0.5) is 5.69 Å². The van der Waals surface area contributed by atoms with Gasteiger partial charge in [-0.3, -0.25) is 0 Å². The highest BCUT2D eigenvalue weighted by molar-refractivity contribution is 7.80. The van der Waals surface area contributed by atoms with Gasteiger partial charge >= 0.3 is 11.9 Å². The highest BCUT2D eigenvalue weighted by atomic mass is 32.1. The first-order valence-corrected chi connectivity index (χ1v) is 8.99. The van der Waals surface area contributed by atoms with Crippen molar-refractivity contribution in [2.45, 2.75) is 19.3 Å². The second-order valence-electron chi connectivity index (χ2n) is 6.34. The second kappa shape index (κ2) is 8.22. The molecular weight excluding hydrogens is 382 g/mol. The number of nitrogens with zero attached hydrogens (tertiary/aromatic N) is 1. The van der Waals surface area contributed by atoms with E-state index < -0.39 is 11.9 Å². The molecule has 0 radical (unpaired) electrons. The number of ether oxygens (including phenoxy) is 1. The summed E-state index contributed by atoms with van der Waals surface area (Å²) in [6, 6.07) is 7.48. The molecule has 146 valence electrons. The largest absolute Gasteiger partial charge is 0.495 e. The normalized spacial score (nSPS) is 16.2. The molecule has 0 fully saturated rings. The van der Waals surface area contributed by atoms with Gasteiger partial charge < -0.3 is 25.3 Å². The molecule has 1 aliphatic carbocycles. The van der Waals surface area contributed by atoms with E-state index in [1.807, 2.05) is 24.3 Å². The summed E-state index contributed by atoms with van der Waals surface area (Å²) in [7, 11) is 1.59. The van der Waals surface area contributed by atoms with Crippen molar-refractivity contribution in [3.05, 3.63) is 47.6 Å². The molecule has 0 amide bonds. The van der Waals surface area contributed by atoms with Crippen LogP contribution in [0.3, 0.4) is 0 Å². The number of aromatic nitrogens is 2. The molecule has 1 atom stereocenters. The Hall–Kier alpha value is -3.20. The maximum absolute atomic E-state index is 11.4. The highest BCUT2D eigenvalue weighted by Gasteiger charge is 2.27. The first kappa shape index (κ1) is 19.6. The van der Waals surface area contributed by atoms with E-state index in [-0.39, 0.29) is 17.3 Å². The average molecular weight is 401 g/mol. The molecule has 1 aromatic carbocycles. The van der Waals surface area contributed by atoms with E-state index in [0.29, 0.717) is 29.7 Å². The molecule has 4 N–H and O–H groups in total. The third-order valence-corrected chi connectivity index (χ3v) is 4.97. The van der Waals surface area contributed by atoms with Crippen LogP contribution in [0.25, 0.3) is 5.57 Å². The smallest absolute Gasteiger partial charge is 0.339 e. The van der Waals surface area contributed by atoms with Gasteiger partial charge in [-0.15, -0.1) is 0 Å². The Balaban J connectivity index is 1.77. The number of aliphatic carboxylic acids is 2. The van der Waals surface area contributed by atoms with Crippen molar-refractivity contribution in [2.75, 3.05) is 12.4 Å². The molecule has 9 heteroatoms. The molecule has 3 rings (SSSR count). The SMILES string of the molecule is COc1ccccc1NC(=S)C1CCc2nc(/C(=C/C(=O)O)C(=O)O)[nH]c2C1. The van der Waals surface area contributed by atoms with Gasteiger partial charge in [0.05, 0.1) is 23.5 Å². The number of imidazole rings is 1. The fraction of sp³-hybridized carbons (Fsp3) is 0.263. The monoisotopic (exact) mass is 401 g/mol. The fourth-order valence-electron chi connectivity index (χ4n) is 3.17. The van der Waals surface area contributed by atoms with Gasteiger partial charge in [0.15, 0.2) is 0 Å². The first-order chi connectivity index (χ1) is 13.4. The molecule has 0 spiro atoms. The molecule has 0 saturated heterocycles. The molecular formula is C19H19N3O5S. The van der Waals surface area contributed by atoms with E-state index >= 15 is 0 Å². The van der Waals surface area contributed by atoms with Crippen molar-refractivity contribution < 1.29 is 24.5 Å². The van der Waals surface area contributed by atoms with E-state index in [0.717, 1.165) is 23.5 Å². The van der Waals surface area contributed by atoms with Crippen molar-refractivity contribution in [1.82, 2.24) is 9.97 Å². The highest BCUT2D eigenvalue weighted by Crippen LogP contribution is 2.29. The number of anilines is 1. The second-order valence-corrected chi connectivity index (χ2v) is 6.78. The van der Waals surface area contributed by atoms with Gasteiger partial charge in [-0.2, -0.15) is 0 Å². The van der Waals surface area contributed by atoms with Crippen molar-refractivity contribution in [2.24, 2.45) is 5.92 Å². The van der Waals surface area contributed by atoms with Crippen LogP contribution in [0.15, 0.2) is 30.3 Å². The molecule has 0 bridgehead atoms. The number of nitrogens with one attached hydrogen (secondary N) is 2. The fourth-order valence-corrected chi connectivity index (χ4v) is 3.48. The summed E-state index contributed by atoms with van der Waals surface area (Å²) in [5.41, 5.74) is 1.91. The van der Waals surface area contributed by atoms with Crippen molar-refractivity contribution in [1.29, 1.82) is 0 Å². The lowest BCUT2D eigenvalue weighted by Crippen LogP contribution is -2.27. The van der Waals surface area contributed by atoms with Crippen LogP contribution < -0.4 is 10.1 Å². The number of benzene rings is 1. The summed E-state index contributed by atoms with van der Waals surface area (Å²) in [4.78, 5) is 30.1. The number of aryl methyl sites for hydroxylation is 1. The maximum Gasteiger partial charge on any atom is 0.339 e. The van der Waals surface area contributed by atoms with Crippen LogP contribution in [-0.4, -0.2) is 44.2 Å². The lowest BCUT2D eigenvalue weighted by Gasteiger charge is -2.23. The number of H-pyrrole nitrogens is 1. The minimum atomic E-state index is -1.35.